The fraction of sp³-hybridized carbons (Fsp3) is 0.310. The molecular weight excluding hydrogens is 505 g/mol. The van der Waals surface area contributed by atoms with Crippen LogP contribution in [0.1, 0.15) is 38.8 Å². The molecule has 2 amide bonds. The van der Waals surface area contributed by atoms with Crippen LogP contribution in [0.4, 0.5) is 10.1 Å². The predicted octanol–water partition coefficient (Wildman–Crippen LogP) is 4.66. The molecule has 0 aliphatic heterocycles. The molecule has 0 saturated carbocycles. The Morgan fingerprint density at radius 1 is 0.921 bits per heavy atom. The average molecular weight is 540 g/mol. The molecule has 1 atom stereocenters. The fourth-order valence-corrected chi connectivity index (χ4v) is 5.22. The molecular formula is C29H34FN3O4S. The lowest BCUT2D eigenvalue weighted by Crippen LogP contribution is -2.54. The second kappa shape index (κ2) is 11.8. The maximum Gasteiger partial charge on any atom is 0.264 e. The third-order valence-electron chi connectivity index (χ3n) is 5.86. The smallest absolute Gasteiger partial charge is 0.264 e. The Morgan fingerprint density at radius 3 is 2.05 bits per heavy atom. The number of hydrogen-bond donors (Lipinski definition) is 1. The number of rotatable bonds is 9. The summed E-state index contributed by atoms with van der Waals surface area (Å²) in [6, 6.07) is 19.3. The Morgan fingerprint density at radius 2 is 1.50 bits per heavy atom. The molecule has 0 aliphatic rings. The van der Waals surface area contributed by atoms with Crippen molar-refractivity contribution >= 4 is 27.5 Å². The maximum absolute atomic E-state index is 13.8. The summed E-state index contributed by atoms with van der Waals surface area (Å²) in [5.74, 6) is -1.49. The van der Waals surface area contributed by atoms with E-state index < -0.39 is 39.9 Å². The summed E-state index contributed by atoms with van der Waals surface area (Å²) in [4.78, 5) is 28.1. The Kier molecular flexibility index (Phi) is 8.93. The molecule has 202 valence electrons. The Balaban J connectivity index is 2.00. The first-order valence-electron chi connectivity index (χ1n) is 12.3. The molecule has 0 heterocycles. The van der Waals surface area contributed by atoms with Gasteiger partial charge in [-0.15, -0.1) is 0 Å². The molecule has 0 unspecified atom stereocenters. The summed E-state index contributed by atoms with van der Waals surface area (Å²) in [5.41, 5.74) is 1.59. The Labute approximate surface area is 224 Å². The van der Waals surface area contributed by atoms with Gasteiger partial charge < -0.3 is 10.2 Å². The SMILES string of the molecule is Cc1ccc(CN(C(=O)CN(c2ccccc2)S(=O)(=O)c2ccc(F)cc2)[C@H](C)C(=O)NC(C)(C)C)cc1. The lowest BCUT2D eigenvalue weighted by atomic mass is 10.1. The number of carbonyl (C=O) groups excluding carboxylic acids is 2. The van der Waals surface area contributed by atoms with Crippen LogP contribution in [0.3, 0.4) is 0 Å². The summed E-state index contributed by atoms with van der Waals surface area (Å²) in [7, 11) is -4.23. The van der Waals surface area contributed by atoms with Crippen LogP contribution in [0, 0.1) is 12.7 Å². The number of anilines is 1. The lowest BCUT2D eigenvalue weighted by Gasteiger charge is -2.33. The normalized spacial score (nSPS) is 12.5. The van der Waals surface area contributed by atoms with Gasteiger partial charge in [-0.3, -0.25) is 13.9 Å². The van der Waals surface area contributed by atoms with E-state index >= 15 is 0 Å². The van der Waals surface area contributed by atoms with Crippen molar-refractivity contribution in [3.63, 3.8) is 0 Å². The molecule has 0 saturated heterocycles. The first-order chi connectivity index (χ1) is 17.8. The zero-order valence-corrected chi connectivity index (χ0v) is 23.1. The average Bonchev–Trinajstić information content (AvgIpc) is 2.86. The molecule has 9 heteroatoms. The van der Waals surface area contributed by atoms with Gasteiger partial charge in [0, 0.05) is 12.1 Å². The minimum absolute atomic E-state index is 0.108. The van der Waals surface area contributed by atoms with Crippen LogP contribution in [0.25, 0.3) is 0 Å². The minimum Gasteiger partial charge on any atom is -0.350 e. The van der Waals surface area contributed by atoms with Crippen molar-refractivity contribution < 1.29 is 22.4 Å². The van der Waals surface area contributed by atoms with E-state index in [1.807, 2.05) is 52.0 Å². The van der Waals surface area contributed by atoms with Gasteiger partial charge in [-0.05, 0) is 76.6 Å². The highest BCUT2D eigenvalue weighted by atomic mass is 32.2. The van der Waals surface area contributed by atoms with Crippen molar-refractivity contribution in [1.82, 2.24) is 10.2 Å². The number of amides is 2. The number of hydrogen-bond acceptors (Lipinski definition) is 4. The molecule has 3 aromatic rings. The summed E-state index contributed by atoms with van der Waals surface area (Å²) in [5, 5.41) is 2.90. The highest BCUT2D eigenvalue weighted by molar-refractivity contribution is 7.92. The van der Waals surface area contributed by atoms with Crippen molar-refractivity contribution in [3.8, 4) is 0 Å². The van der Waals surface area contributed by atoms with E-state index in [4.69, 9.17) is 0 Å². The molecule has 7 nitrogen and oxygen atoms in total. The summed E-state index contributed by atoms with van der Waals surface area (Å²) < 4.78 is 41.8. The molecule has 0 radical (unpaired) electrons. The summed E-state index contributed by atoms with van der Waals surface area (Å²) in [6.07, 6.45) is 0. The van der Waals surface area contributed by atoms with Crippen LogP contribution in [-0.2, 0) is 26.2 Å². The van der Waals surface area contributed by atoms with E-state index in [1.54, 1.807) is 37.3 Å². The van der Waals surface area contributed by atoms with Gasteiger partial charge in [-0.25, -0.2) is 12.8 Å². The standard InChI is InChI=1S/C29H34FN3O4S/c1-21-11-13-23(14-12-21)19-32(22(2)28(35)31-29(3,4)5)27(34)20-33(25-9-7-6-8-10-25)38(36,37)26-17-15-24(30)16-18-26/h6-18,22H,19-20H2,1-5H3,(H,31,35)/t22-/m1/s1. The van der Waals surface area contributed by atoms with Crippen molar-refractivity contribution in [2.45, 2.75) is 57.6 Å². The van der Waals surface area contributed by atoms with Gasteiger partial charge in [0.05, 0.1) is 10.6 Å². The molecule has 3 rings (SSSR count). The Hall–Kier alpha value is -3.72. The topological polar surface area (TPSA) is 86.8 Å². The number of sulfonamides is 1. The molecule has 0 aliphatic carbocycles. The number of nitrogens with one attached hydrogen (secondary N) is 1. The molecule has 38 heavy (non-hydrogen) atoms. The van der Waals surface area contributed by atoms with Crippen molar-refractivity contribution in [1.29, 1.82) is 0 Å². The van der Waals surface area contributed by atoms with Gasteiger partial charge in [0.25, 0.3) is 10.0 Å². The number of nitrogens with zero attached hydrogens (tertiary/aromatic N) is 2. The molecule has 0 aromatic heterocycles. The van der Waals surface area contributed by atoms with Gasteiger partial charge in [0.1, 0.15) is 18.4 Å². The lowest BCUT2D eigenvalue weighted by molar-refractivity contribution is -0.140. The van der Waals surface area contributed by atoms with Gasteiger partial charge in [-0.2, -0.15) is 0 Å². The zero-order chi connectivity index (χ0) is 28.1. The summed E-state index contributed by atoms with van der Waals surface area (Å²) >= 11 is 0. The number of halogens is 1. The molecule has 3 aromatic carbocycles. The van der Waals surface area contributed by atoms with Crippen molar-refractivity contribution in [2.24, 2.45) is 0 Å². The van der Waals surface area contributed by atoms with Crippen molar-refractivity contribution in [2.75, 3.05) is 10.8 Å². The summed E-state index contributed by atoms with van der Waals surface area (Å²) in [6.45, 7) is 8.65. The first-order valence-corrected chi connectivity index (χ1v) is 13.7. The van der Waals surface area contributed by atoms with Crippen LogP contribution in [0.15, 0.2) is 83.8 Å². The number of benzene rings is 3. The highest BCUT2D eigenvalue weighted by Crippen LogP contribution is 2.24. The van der Waals surface area contributed by atoms with Gasteiger partial charge in [0.2, 0.25) is 11.8 Å². The monoisotopic (exact) mass is 539 g/mol. The number of aryl methyl sites for hydroxylation is 1. The van der Waals surface area contributed by atoms with E-state index in [2.05, 4.69) is 5.32 Å². The van der Waals surface area contributed by atoms with Crippen LogP contribution in [0.5, 0.6) is 0 Å². The van der Waals surface area contributed by atoms with Crippen LogP contribution in [0.2, 0.25) is 0 Å². The van der Waals surface area contributed by atoms with Gasteiger partial charge in [-0.1, -0.05) is 48.0 Å². The predicted molar refractivity (Wildman–Crippen MR) is 146 cm³/mol. The van der Waals surface area contributed by atoms with E-state index in [0.717, 1.165) is 39.7 Å². The third-order valence-corrected chi connectivity index (χ3v) is 7.65. The number of para-hydroxylation sites is 1. The number of carbonyl (C=O) groups is 2. The molecule has 1 N–H and O–H groups in total. The van der Waals surface area contributed by atoms with Crippen molar-refractivity contribution in [3.05, 3.63) is 95.8 Å². The van der Waals surface area contributed by atoms with Gasteiger partial charge >= 0.3 is 0 Å². The van der Waals surface area contributed by atoms with E-state index in [0.29, 0.717) is 0 Å². The third kappa shape index (κ3) is 7.41. The quantitative estimate of drug-likeness (QED) is 0.429. The second-order valence-electron chi connectivity index (χ2n) is 10.2. The highest BCUT2D eigenvalue weighted by Gasteiger charge is 2.33. The van der Waals surface area contributed by atoms with Crippen LogP contribution >= 0.6 is 0 Å². The van der Waals surface area contributed by atoms with E-state index in [-0.39, 0.29) is 23.0 Å². The van der Waals surface area contributed by atoms with Crippen LogP contribution in [-0.4, -0.2) is 43.3 Å². The Bertz CT molecular complexity index is 1350. The first kappa shape index (κ1) is 28.8. The van der Waals surface area contributed by atoms with Gasteiger partial charge in [0.15, 0.2) is 0 Å². The van der Waals surface area contributed by atoms with E-state index in [9.17, 15) is 22.4 Å². The largest absolute Gasteiger partial charge is 0.350 e. The zero-order valence-electron chi connectivity index (χ0n) is 22.3. The molecule has 0 fully saturated rings. The van der Waals surface area contributed by atoms with Crippen LogP contribution < -0.4 is 9.62 Å². The fourth-order valence-electron chi connectivity index (χ4n) is 3.80. The minimum atomic E-state index is -4.23. The van der Waals surface area contributed by atoms with E-state index in [1.165, 1.54) is 4.90 Å². The molecule has 0 spiro atoms. The second-order valence-corrected chi connectivity index (χ2v) is 12.1. The maximum atomic E-state index is 13.8. The molecule has 0 bridgehead atoms.